The number of phenols is 1. The first-order valence-electron chi connectivity index (χ1n) is 9.95. The summed E-state index contributed by atoms with van der Waals surface area (Å²) in [7, 11) is -3.25. The van der Waals surface area contributed by atoms with Crippen LogP contribution < -0.4 is 10.1 Å². The van der Waals surface area contributed by atoms with Crippen molar-refractivity contribution >= 4 is 43.9 Å². The number of methoxy groups -OCH3 is 1. The summed E-state index contributed by atoms with van der Waals surface area (Å²) >= 11 is 0. The van der Waals surface area contributed by atoms with Gasteiger partial charge in [0.2, 0.25) is 0 Å². The maximum absolute atomic E-state index is 12.4. The highest BCUT2D eigenvalue weighted by Crippen LogP contribution is 2.42. The van der Waals surface area contributed by atoms with Crippen LogP contribution in [-0.4, -0.2) is 31.1 Å². The van der Waals surface area contributed by atoms with E-state index in [4.69, 9.17) is 4.74 Å². The van der Waals surface area contributed by atoms with Gasteiger partial charge in [0.1, 0.15) is 16.3 Å². The van der Waals surface area contributed by atoms with Crippen LogP contribution in [0.2, 0.25) is 0 Å². The lowest BCUT2D eigenvalue weighted by Gasteiger charge is -2.11. The molecule has 0 atom stereocenters. The fraction of sp³-hybridized carbons (Fsp3) is 0.0417. The molecule has 0 aliphatic heterocycles. The van der Waals surface area contributed by atoms with E-state index in [1.54, 1.807) is 60.7 Å². The average Bonchev–Trinajstić information content (AvgIpc) is 2.83. The lowest BCUT2D eigenvalue weighted by molar-refractivity contribution is 0.102. The molecule has 0 heterocycles. The summed E-state index contributed by atoms with van der Waals surface area (Å²) in [5, 5.41) is 21.8. The molecular weight excluding hydrogens is 458 g/mol. The second-order valence-corrected chi connectivity index (χ2v) is 8.59. The molecule has 1 amide bonds. The Morgan fingerprint density at radius 1 is 0.941 bits per heavy atom. The Kier molecular flexibility index (Phi) is 6.26. The SMILES string of the molecule is COc1ccc(N=Nc2c(S(=O)(=O)O)cc3cc(NC(=O)c4ccccc4)ccc3c2O)cc1. The summed E-state index contributed by atoms with van der Waals surface area (Å²) < 4.78 is 38.9. The normalized spacial score (nSPS) is 11.6. The zero-order chi connectivity index (χ0) is 24.3. The highest BCUT2D eigenvalue weighted by atomic mass is 32.2. The number of ether oxygens (including phenoxy) is 1. The summed E-state index contributed by atoms with van der Waals surface area (Å²) in [6, 6.07) is 20.7. The van der Waals surface area contributed by atoms with E-state index in [0.29, 0.717) is 22.7 Å². The monoisotopic (exact) mass is 477 g/mol. The van der Waals surface area contributed by atoms with Gasteiger partial charge in [-0.3, -0.25) is 9.35 Å². The van der Waals surface area contributed by atoms with Crippen molar-refractivity contribution in [3.8, 4) is 11.5 Å². The molecule has 0 spiro atoms. The van der Waals surface area contributed by atoms with Gasteiger partial charge in [0, 0.05) is 16.6 Å². The van der Waals surface area contributed by atoms with Gasteiger partial charge in [0.25, 0.3) is 16.0 Å². The molecule has 10 heteroatoms. The molecule has 0 saturated heterocycles. The zero-order valence-corrected chi connectivity index (χ0v) is 18.7. The molecule has 0 unspecified atom stereocenters. The Morgan fingerprint density at radius 3 is 2.29 bits per heavy atom. The lowest BCUT2D eigenvalue weighted by atomic mass is 10.1. The first-order chi connectivity index (χ1) is 16.3. The number of aromatic hydroxyl groups is 1. The molecule has 0 saturated carbocycles. The number of hydrogen-bond acceptors (Lipinski definition) is 7. The number of anilines is 1. The number of carbonyl (C=O) groups is 1. The molecule has 4 aromatic carbocycles. The first kappa shape index (κ1) is 22.9. The topological polar surface area (TPSA) is 138 Å². The Morgan fingerprint density at radius 2 is 1.65 bits per heavy atom. The van der Waals surface area contributed by atoms with Gasteiger partial charge in [0.15, 0.2) is 5.75 Å². The molecule has 0 fully saturated rings. The second kappa shape index (κ2) is 9.30. The number of azo groups is 1. The molecular formula is C24H19N3O6S. The van der Waals surface area contributed by atoms with E-state index in [1.807, 2.05) is 0 Å². The second-order valence-electron chi connectivity index (χ2n) is 7.20. The van der Waals surface area contributed by atoms with Crippen molar-refractivity contribution in [1.82, 2.24) is 0 Å². The third kappa shape index (κ3) is 4.87. The van der Waals surface area contributed by atoms with E-state index in [1.165, 1.54) is 19.2 Å². The number of carbonyl (C=O) groups excluding carboxylic acids is 1. The highest BCUT2D eigenvalue weighted by Gasteiger charge is 2.22. The maximum Gasteiger partial charge on any atom is 0.296 e. The van der Waals surface area contributed by atoms with E-state index < -0.39 is 26.5 Å². The van der Waals surface area contributed by atoms with Crippen LogP contribution in [0.25, 0.3) is 10.8 Å². The van der Waals surface area contributed by atoms with Gasteiger partial charge >= 0.3 is 0 Å². The zero-order valence-electron chi connectivity index (χ0n) is 17.8. The first-order valence-corrected chi connectivity index (χ1v) is 11.4. The number of nitrogens with one attached hydrogen (secondary N) is 1. The van der Waals surface area contributed by atoms with Gasteiger partial charge < -0.3 is 15.2 Å². The van der Waals surface area contributed by atoms with Gasteiger partial charge in [-0.15, -0.1) is 5.11 Å². The molecule has 172 valence electrons. The highest BCUT2D eigenvalue weighted by molar-refractivity contribution is 7.86. The number of hydrogen-bond donors (Lipinski definition) is 3. The summed E-state index contributed by atoms with van der Waals surface area (Å²) in [6.07, 6.45) is 0. The summed E-state index contributed by atoms with van der Waals surface area (Å²) in [5.41, 5.74) is 0.778. The Bertz CT molecular complexity index is 1500. The third-order valence-corrected chi connectivity index (χ3v) is 5.83. The number of phenolic OH excluding ortho intramolecular Hbond substituents is 1. The maximum atomic E-state index is 12.4. The minimum Gasteiger partial charge on any atom is -0.505 e. The largest absolute Gasteiger partial charge is 0.505 e. The van der Waals surface area contributed by atoms with Gasteiger partial charge in [-0.05, 0) is 66.0 Å². The Hall–Kier alpha value is -4.28. The Balaban J connectivity index is 1.74. The van der Waals surface area contributed by atoms with Crippen molar-refractivity contribution in [2.45, 2.75) is 4.90 Å². The smallest absolute Gasteiger partial charge is 0.296 e. The molecule has 0 bridgehead atoms. The van der Waals surface area contributed by atoms with Crippen LogP contribution in [0, 0.1) is 0 Å². The van der Waals surface area contributed by atoms with Crippen LogP contribution in [0.5, 0.6) is 11.5 Å². The molecule has 0 aliphatic carbocycles. The Labute approximate surface area is 195 Å². The van der Waals surface area contributed by atoms with Crippen LogP contribution in [0.15, 0.2) is 94.0 Å². The fourth-order valence-corrected chi connectivity index (χ4v) is 3.93. The van der Waals surface area contributed by atoms with Crippen LogP contribution in [0.1, 0.15) is 10.4 Å². The molecule has 0 aromatic heterocycles. The van der Waals surface area contributed by atoms with E-state index >= 15 is 0 Å². The number of benzene rings is 4. The van der Waals surface area contributed by atoms with Crippen LogP contribution in [-0.2, 0) is 10.1 Å². The van der Waals surface area contributed by atoms with Crippen LogP contribution >= 0.6 is 0 Å². The number of rotatable bonds is 6. The lowest BCUT2D eigenvalue weighted by Crippen LogP contribution is -2.11. The predicted octanol–water partition coefficient (Wildman–Crippen LogP) is 5.47. The van der Waals surface area contributed by atoms with Gasteiger partial charge in [0.05, 0.1) is 12.8 Å². The summed E-state index contributed by atoms with van der Waals surface area (Å²) in [4.78, 5) is 11.8. The van der Waals surface area contributed by atoms with Crippen molar-refractivity contribution in [1.29, 1.82) is 0 Å². The van der Waals surface area contributed by atoms with Crippen molar-refractivity contribution < 1.29 is 27.6 Å². The summed E-state index contributed by atoms with van der Waals surface area (Å²) in [6.45, 7) is 0. The van der Waals surface area contributed by atoms with Gasteiger partial charge in [-0.1, -0.05) is 18.2 Å². The molecule has 4 aromatic rings. The van der Waals surface area contributed by atoms with E-state index in [0.717, 1.165) is 6.07 Å². The predicted molar refractivity (Wildman–Crippen MR) is 127 cm³/mol. The van der Waals surface area contributed by atoms with Crippen molar-refractivity contribution in [3.05, 3.63) is 84.4 Å². The van der Waals surface area contributed by atoms with E-state index in [9.17, 15) is 22.9 Å². The van der Waals surface area contributed by atoms with Crippen LogP contribution in [0.4, 0.5) is 17.1 Å². The molecule has 34 heavy (non-hydrogen) atoms. The standard InChI is InChI=1S/C24H19N3O6S/c1-33-19-10-7-17(8-11-19)26-27-22-21(34(30,31)32)14-16-13-18(9-12-20(16)23(22)28)25-24(29)15-5-3-2-4-6-15/h2-14,28H,1H3,(H,25,29)(H,30,31,32). The van der Waals surface area contributed by atoms with Gasteiger partial charge in [-0.25, -0.2) is 0 Å². The minimum absolute atomic E-state index is 0.258. The van der Waals surface area contributed by atoms with Crippen LogP contribution in [0.3, 0.4) is 0 Å². The van der Waals surface area contributed by atoms with Crippen molar-refractivity contribution in [2.75, 3.05) is 12.4 Å². The third-order valence-electron chi connectivity index (χ3n) is 4.96. The summed E-state index contributed by atoms with van der Waals surface area (Å²) in [5.74, 6) is -0.242. The molecule has 4 rings (SSSR count). The number of amides is 1. The molecule has 3 N–H and O–H groups in total. The quantitative estimate of drug-likeness (QED) is 0.249. The van der Waals surface area contributed by atoms with Crippen molar-refractivity contribution in [3.63, 3.8) is 0 Å². The number of nitrogens with zero attached hydrogens (tertiary/aromatic N) is 2. The van der Waals surface area contributed by atoms with E-state index in [2.05, 4.69) is 15.5 Å². The van der Waals surface area contributed by atoms with Gasteiger partial charge in [-0.2, -0.15) is 13.5 Å². The molecule has 0 radical (unpaired) electrons. The number of fused-ring (bicyclic) bond motifs is 1. The minimum atomic E-state index is -4.76. The molecule has 9 nitrogen and oxygen atoms in total. The fourth-order valence-electron chi connectivity index (χ4n) is 3.27. The average molecular weight is 477 g/mol. The molecule has 0 aliphatic rings. The van der Waals surface area contributed by atoms with E-state index in [-0.39, 0.29) is 16.7 Å². The van der Waals surface area contributed by atoms with Crippen molar-refractivity contribution in [2.24, 2.45) is 10.2 Å².